The second-order valence-electron chi connectivity index (χ2n) is 5.50. The summed E-state index contributed by atoms with van der Waals surface area (Å²) in [6.07, 6.45) is 0. The Labute approximate surface area is 149 Å². The molecular formula is C20H13ClN2O2. The molecule has 0 aliphatic heterocycles. The average molecular weight is 349 g/mol. The molecule has 4 nitrogen and oxygen atoms in total. The van der Waals surface area contributed by atoms with Gasteiger partial charge >= 0.3 is 0 Å². The lowest BCUT2D eigenvalue weighted by Crippen LogP contribution is -2.11. The third-order valence-corrected chi connectivity index (χ3v) is 4.12. The summed E-state index contributed by atoms with van der Waals surface area (Å²) < 4.78 is 5.77. The Morgan fingerprint density at radius 1 is 0.960 bits per heavy atom. The fraction of sp³-hybridized carbons (Fsp3) is 0. The highest BCUT2D eigenvalue weighted by Gasteiger charge is 2.12. The summed E-state index contributed by atoms with van der Waals surface area (Å²) in [6.45, 7) is 0. The number of carbonyl (C=O) groups excluding carboxylic acids is 1. The van der Waals surface area contributed by atoms with Crippen molar-refractivity contribution in [2.24, 2.45) is 0 Å². The molecule has 0 spiro atoms. The van der Waals surface area contributed by atoms with Crippen LogP contribution in [-0.2, 0) is 0 Å². The van der Waals surface area contributed by atoms with Crippen LogP contribution in [0.1, 0.15) is 10.4 Å². The minimum Gasteiger partial charge on any atom is -0.436 e. The number of carbonyl (C=O) groups is 1. The number of fused-ring (bicyclic) bond motifs is 1. The fourth-order valence-corrected chi connectivity index (χ4v) is 2.76. The molecule has 1 aromatic heterocycles. The number of nitrogens with zero attached hydrogens (tertiary/aromatic N) is 1. The highest BCUT2D eigenvalue weighted by Crippen LogP contribution is 2.30. The van der Waals surface area contributed by atoms with Crippen molar-refractivity contribution in [3.63, 3.8) is 0 Å². The van der Waals surface area contributed by atoms with Gasteiger partial charge in [-0.1, -0.05) is 41.9 Å². The molecule has 3 aromatic carbocycles. The smallest absolute Gasteiger partial charge is 0.255 e. The largest absolute Gasteiger partial charge is 0.436 e. The van der Waals surface area contributed by atoms with Gasteiger partial charge < -0.3 is 9.73 Å². The summed E-state index contributed by atoms with van der Waals surface area (Å²) in [5.41, 5.74) is 3.27. The summed E-state index contributed by atoms with van der Waals surface area (Å²) in [5.74, 6) is 0.280. The van der Waals surface area contributed by atoms with Gasteiger partial charge in [-0.15, -0.1) is 0 Å². The Morgan fingerprint density at radius 2 is 1.72 bits per heavy atom. The molecule has 25 heavy (non-hydrogen) atoms. The van der Waals surface area contributed by atoms with E-state index in [1.165, 1.54) is 0 Å². The molecule has 0 saturated heterocycles. The zero-order valence-electron chi connectivity index (χ0n) is 13.1. The Kier molecular flexibility index (Phi) is 3.96. The number of nitrogens with one attached hydrogen (secondary N) is 1. The predicted molar refractivity (Wildman–Crippen MR) is 98.9 cm³/mol. The summed E-state index contributed by atoms with van der Waals surface area (Å²) >= 11 is 6.20. The van der Waals surface area contributed by atoms with E-state index in [1.807, 2.05) is 36.4 Å². The van der Waals surface area contributed by atoms with Crippen molar-refractivity contribution >= 4 is 34.3 Å². The highest BCUT2D eigenvalue weighted by atomic mass is 35.5. The van der Waals surface area contributed by atoms with Crippen LogP contribution in [0.3, 0.4) is 0 Å². The zero-order valence-corrected chi connectivity index (χ0v) is 13.8. The number of hydrogen-bond donors (Lipinski definition) is 1. The third-order valence-electron chi connectivity index (χ3n) is 3.79. The molecule has 1 amide bonds. The van der Waals surface area contributed by atoms with Crippen LogP contribution in [0.4, 0.5) is 5.69 Å². The molecule has 122 valence electrons. The molecule has 5 heteroatoms. The number of amides is 1. The molecule has 0 bridgehead atoms. The van der Waals surface area contributed by atoms with Crippen molar-refractivity contribution in [1.29, 1.82) is 0 Å². The van der Waals surface area contributed by atoms with E-state index >= 15 is 0 Å². The second-order valence-corrected chi connectivity index (χ2v) is 5.91. The van der Waals surface area contributed by atoms with E-state index in [4.69, 9.17) is 16.0 Å². The van der Waals surface area contributed by atoms with Gasteiger partial charge in [0.1, 0.15) is 5.52 Å². The summed E-state index contributed by atoms with van der Waals surface area (Å²) in [4.78, 5) is 16.7. The molecule has 1 heterocycles. The molecule has 0 radical (unpaired) electrons. The minimum absolute atomic E-state index is 0.172. The Hall–Kier alpha value is -3.11. The number of benzene rings is 3. The van der Waals surface area contributed by atoms with Crippen LogP contribution in [0.25, 0.3) is 22.6 Å². The Bertz CT molecular complexity index is 1060. The Balaban J connectivity index is 1.65. The third kappa shape index (κ3) is 3.12. The molecule has 4 aromatic rings. The second kappa shape index (κ2) is 6.42. The number of hydrogen-bond acceptors (Lipinski definition) is 3. The van der Waals surface area contributed by atoms with E-state index in [-0.39, 0.29) is 5.91 Å². The maximum absolute atomic E-state index is 12.2. The average Bonchev–Trinajstić information content (AvgIpc) is 3.06. The molecule has 0 atom stereocenters. The van der Waals surface area contributed by atoms with Crippen molar-refractivity contribution in [3.8, 4) is 11.5 Å². The number of anilines is 1. The van der Waals surface area contributed by atoms with Crippen LogP contribution >= 0.6 is 11.6 Å². The summed E-state index contributed by atoms with van der Waals surface area (Å²) in [6, 6.07) is 21.8. The summed E-state index contributed by atoms with van der Waals surface area (Å²) in [7, 11) is 0. The fourth-order valence-electron chi connectivity index (χ4n) is 2.55. The number of aromatic nitrogens is 1. The molecule has 1 N–H and O–H groups in total. The molecule has 0 aliphatic rings. The number of halogens is 1. The standard InChI is InChI=1S/C20H13ClN2O2/c21-16-9-5-4-8-15(16)20-23-17-12-14(10-11-18(17)25-20)22-19(24)13-6-2-1-3-7-13/h1-12H,(H,22,24). The molecular weight excluding hydrogens is 336 g/mol. The van der Waals surface area contributed by atoms with Crippen molar-refractivity contribution in [2.45, 2.75) is 0 Å². The van der Waals surface area contributed by atoms with Gasteiger partial charge in [-0.05, 0) is 42.5 Å². The van der Waals surface area contributed by atoms with Gasteiger partial charge in [0.05, 0.1) is 10.6 Å². The SMILES string of the molecule is O=C(Nc1ccc2oc(-c3ccccc3Cl)nc2c1)c1ccccc1. The first-order valence-corrected chi connectivity index (χ1v) is 8.10. The lowest BCUT2D eigenvalue weighted by atomic mass is 10.2. The van der Waals surface area contributed by atoms with Crippen LogP contribution in [0.2, 0.25) is 5.02 Å². The first kappa shape index (κ1) is 15.4. The minimum atomic E-state index is -0.172. The first-order chi connectivity index (χ1) is 12.2. The summed E-state index contributed by atoms with van der Waals surface area (Å²) in [5, 5.41) is 3.44. The van der Waals surface area contributed by atoms with Gasteiger partial charge in [0.2, 0.25) is 5.89 Å². The van der Waals surface area contributed by atoms with Crippen molar-refractivity contribution in [2.75, 3.05) is 5.32 Å². The van der Waals surface area contributed by atoms with E-state index in [2.05, 4.69) is 10.3 Å². The van der Waals surface area contributed by atoms with Crippen molar-refractivity contribution in [1.82, 2.24) is 4.98 Å². The van der Waals surface area contributed by atoms with E-state index in [1.54, 1.807) is 36.4 Å². The van der Waals surface area contributed by atoms with E-state index in [9.17, 15) is 4.79 Å². The maximum atomic E-state index is 12.2. The van der Waals surface area contributed by atoms with Gasteiger partial charge in [-0.25, -0.2) is 4.98 Å². The van der Waals surface area contributed by atoms with Crippen LogP contribution < -0.4 is 5.32 Å². The van der Waals surface area contributed by atoms with Crippen LogP contribution in [0, 0.1) is 0 Å². The highest BCUT2D eigenvalue weighted by molar-refractivity contribution is 6.33. The molecule has 0 saturated carbocycles. The van der Waals surface area contributed by atoms with Gasteiger partial charge in [0, 0.05) is 11.3 Å². The lowest BCUT2D eigenvalue weighted by Gasteiger charge is -2.04. The van der Waals surface area contributed by atoms with Crippen molar-refractivity contribution in [3.05, 3.63) is 83.4 Å². The molecule has 0 aliphatic carbocycles. The van der Waals surface area contributed by atoms with Crippen molar-refractivity contribution < 1.29 is 9.21 Å². The zero-order chi connectivity index (χ0) is 17.2. The van der Waals surface area contributed by atoms with E-state index in [0.29, 0.717) is 33.3 Å². The van der Waals surface area contributed by atoms with Gasteiger partial charge in [-0.2, -0.15) is 0 Å². The van der Waals surface area contributed by atoms with E-state index < -0.39 is 0 Å². The molecule has 0 fully saturated rings. The number of rotatable bonds is 3. The lowest BCUT2D eigenvalue weighted by molar-refractivity contribution is 0.102. The topological polar surface area (TPSA) is 55.1 Å². The predicted octanol–water partition coefficient (Wildman–Crippen LogP) is 5.40. The molecule has 0 unspecified atom stereocenters. The van der Waals surface area contributed by atoms with Crippen LogP contribution in [-0.4, -0.2) is 10.9 Å². The van der Waals surface area contributed by atoms with Crippen LogP contribution in [0.5, 0.6) is 0 Å². The monoisotopic (exact) mass is 348 g/mol. The molecule has 4 rings (SSSR count). The van der Waals surface area contributed by atoms with Gasteiger partial charge in [-0.3, -0.25) is 4.79 Å². The van der Waals surface area contributed by atoms with Crippen LogP contribution in [0.15, 0.2) is 77.2 Å². The van der Waals surface area contributed by atoms with Gasteiger partial charge in [0.15, 0.2) is 5.58 Å². The van der Waals surface area contributed by atoms with Gasteiger partial charge in [0.25, 0.3) is 5.91 Å². The normalized spacial score (nSPS) is 10.8. The number of oxazole rings is 1. The van der Waals surface area contributed by atoms with E-state index in [0.717, 1.165) is 5.56 Å². The Morgan fingerprint density at radius 3 is 2.52 bits per heavy atom. The maximum Gasteiger partial charge on any atom is 0.255 e. The first-order valence-electron chi connectivity index (χ1n) is 7.72. The quantitative estimate of drug-likeness (QED) is 0.539.